The summed E-state index contributed by atoms with van der Waals surface area (Å²) < 4.78 is 28.3. The SMILES string of the molecule is O=C(c1cccc(N2C(=O)CCC2=O)c1)N(Cc1ccccc1)c1nc2c(F)cc(F)cc2s1. The quantitative estimate of drug-likeness (QED) is 0.376. The second-order valence-electron chi connectivity index (χ2n) is 7.78. The van der Waals surface area contributed by atoms with Crippen LogP contribution in [-0.4, -0.2) is 22.7 Å². The van der Waals surface area contributed by atoms with Crippen LogP contribution < -0.4 is 9.80 Å². The van der Waals surface area contributed by atoms with E-state index in [9.17, 15) is 23.2 Å². The van der Waals surface area contributed by atoms with Gasteiger partial charge in [-0.25, -0.2) is 13.8 Å². The van der Waals surface area contributed by atoms with Crippen molar-refractivity contribution in [1.82, 2.24) is 4.98 Å². The smallest absolute Gasteiger partial charge is 0.260 e. The molecular weight excluding hydrogens is 460 g/mol. The maximum atomic E-state index is 14.3. The lowest BCUT2D eigenvalue weighted by Gasteiger charge is -2.21. The Hall–Kier alpha value is -3.98. The minimum absolute atomic E-state index is 0.0192. The summed E-state index contributed by atoms with van der Waals surface area (Å²) in [5.74, 6) is -2.63. The molecule has 0 atom stereocenters. The monoisotopic (exact) mass is 477 g/mol. The van der Waals surface area contributed by atoms with Gasteiger partial charge in [0.05, 0.1) is 16.9 Å². The first-order valence-corrected chi connectivity index (χ1v) is 11.3. The Morgan fingerprint density at radius 1 is 0.971 bits per heavy atom. The number of halogens is 2. The van der Waals surface area contributed by atoms with Crippen molar-refractivity contribution in [3.63, 3.8) is 0 Å². The molecule has 3 aromatic carbocycles. The van der Waals surface area contributed by atoms with Crippen molar-refractivity contribution < 1.29 is 23.2 Å². The fraction of sp³-hybridized carbons (Fsp3) is 0.120. The summed E-state index contributed by atoms with van der Waals surface area (Å²) in [4.78, 5) is 44.7. The molecule has 6 nitrogen and oxygen atoms in total. The normalized spacial score (nSPS) is 13.6. The predicted molar refractivity (Wildman–Crippen MR) is 125 cm³/mol. The van der Waals surface area contributed by atoms with Crippen molar-refractivity contribution in [2.24, 2.45) is 0 Å². The zero-order valence-corrected chi connectivity index (χ0v) is 18.5. The molecule has 2 heterocycles. The van der Waals surface area contributed by atoms with E-state index >= 15 is 0 Å². The van der Waals surface area contributed by atoms with Gasteiger partial charge in [0, 0.05) is 24.5 Å². The van der Waals surface area contributed by atoms with Crippen molar-refractivity contribution in [2.75, 3.05) is 9.80 Å². The van der Waals surface area contributed by atoms with Gasteiger partial charge in [-0.2, -0.15) is 0 Å². The zero-order valence-electron chi connectivity index (χ0n) is 17.7. The number of amides is 3. The molecule has 1 aromatic heterocycles. The summed E-state index contributed by atoms with van der Waals surface area (Å²) >= 11 is 1.00. The number of imide groups is 1. The average Bonchev–Trinajstić information content (AvgIpc) is 3.40. The van der Waals surface area contributed by atoms with Crippen molar-refractivity contribution >= 4 is 50.1 Å². The molecule has 0 bridgehead atoms. The number of fused-ring (bicyclic) bond motifs is 1. The molecule has 3 amide bonds. The number of hydrogen-bond acceptors (Lipinski definition) is 5. The molecule has 1 fully saturated rings. The van der Waals surface area contributed by atoms with E-state index in [1.54, 1.807) is 18.2 Å². The largest absolute Gasteiger partial charge is 0.279 e. The summed E-state index contributed by atoms with van der Waals surface area (Å²) in [6.07, 6.45) is 0.260. The Kier molecular flexibility index (Phi) is 5.62. The third-order valence-corrected chi connectivity index (χ3v) is 6.49. The van der Waals surface area contributed by atoms with E-state index in [0.29, 0.717) is 5.69 Å². The molecule has 9 heteroatoms. The molecular formula is C25H17F2N3O3S. The van der Waals surface area contributed by atoms with Crippen LogP contribution in [0.25, 0.3) is 10.2 Å². The molecule has 1 aliphatic heterocycles. The molecule has 0 N–H and O–H groups in total. The Morgan fingerprint density at radius 3 is 2.44 bits per heavy atom. The Morgan fingerprint density at radius 2 is 1.71 bits per heavy atom. The fourth-order valence-corrected chi connectivity index (χ4v) is 4.85. The van der Waals surface area contributed by atoms with Crippen LogP contribution in [0.3, 0.4) is 0 Å². The van der Waals surface area contributed by atoms with E-state index in [0.717, 1.165) is 27.9 Å². The summed E-state index contributed by atoms with van der Waals surface area (Å²) in [5, 5.41) is 0.201. The Bertz CT molecular complexity index is 1420. The molecule has 4 aromatic rings. The highest BCUT2D eigenvalue weighted by molar-refractivity contribution is 7.22. The molecule has 0 unspecified atom stereocenters. The summed E-state index contributed by atoms with van der Waals surface area (Å²) in [5.41, 5.74) is 1.33. The number of aromatic nitrogens is 1. The van der Waals surface area contributed by atoms with E-state index in [2.05, 4.69) is 4.98 Å². The fourth-order valence-electron chi connectivity index (χ4n) is 3.85. The van der Waals surface area contributed by atoms with Gasteiger partial charge in [-0.15, -0.1) is 0 Å². The first kappa shape index (κ1) is 21.8. The van der Waals surface area contributed by atoms with E-state index in [1.807, 2.05) is 30.3 Å². The van der Waals surface area contributed by atoms with Gasteiger partial charge in [0.2, 0.25) is 11.8 Å². The number of benzene rings is 3. The van der Waals surface area contributed by atoms with E-state index in [-0.39, 0.29) is 52.1 Å². The number of rotatable bonds is 5. The van der Waals surface area contributed by atoms with Crippen LogP contribution in [0, 0.1) is 11.6 Å². The summed E-state index contributed by atoms with van der Waals surface area (Å²) in [6, 6.07) is 17.4. The maximum Gasteiger partial charge on any atom is 0.260 e. The van der Waals surface area contributed by atoms with Gasteiger partial charge in [-0.1, -0.05) is 47.7 Å². The lowest BCUT2D eigenvalue weighted by atomic mass is 10.1. The number of hydrogen-bond donors (Lipinski definition) is 0. The maximum absolute atomic E-state index is 14.3. The third kappa shape index (κ3) is 4.06. The zero-order chi connectivity index (χ0) is 23.8. The second-order valence-corrected chi connectivity index (χ2v) is 8.79. The lowest BCUT2D eigenvalue weighted by molar-refractivity contribution is -0.121. The van der Waals surface area contributed by atoms with Crippen molar-refractivity contribution in [3.8, 4) is 0 Å². The molecule has 34 heavy (non-hydrogen) atoms. The van der Waals surface area contributed by atoms with Gasteiger partial charge in [0.15, 0.2) is 10.9 Å². The Balaban J connectivity index is 1.56. The van der Waals surface area contributed by atoms with Crippen molar-refractivity contribution in [2.45, 2.75) is 19.4 Å². The van der Waals surface area contributed by atoms with Crippen LogP contribution in [0.1, 0.15) is 28.8 Å². The van der Waals surface area contributed by atoms with E-state index in [1.165, 1.54) is 17.0 Å². The molecule has 1 saturated heterocycles. The van der Waals surface area contributed by atoms with Crippen LogP contribution in [-0.2, 0) is 16.1 Å². The summed E-state index contributed by atoms with van der Waals surface area (Å²) in [6.45, 7) is 0.134. The molecule has 0 radical (unpaired) electrons. The van der Waals surface area contributed by atoms with Crippen LogP contribution in [0.5, 0.6) is 0 Å². The highest BCUT2D eigenvalue weighted by Gasteiger charge is 2.31. The topological polar surface area (TPSA) is 70.6 Å². The number of anilines is 2. The summed E-state index contributed by atoms with van der Waals surface area (Å²) in [7, 11) is 0. The minimum Gasteiger partial charge on any atom is -0.279 e. The molecule has 0 saturated carbocycles. The van der Waals surface area contributed by atoms with Crippen LogP contribution in [0.4, 0.5) is 19.6 Å². The average molecular weight is 477 g/mol. The highest BCUT2D eigenvalue weighted by Crippen LogP contribution is 2.33. The second kappa shape index (κ2) is 8.75. The Labute approximate surface area is 197 Å². The van der Waals surface area contributed by atoms with E-state index < -0.39 is 17.5 Å². The van der Waals surface area contributed by atoms with Gasteiger partial charge in [0.1, 0.15) is 11.3 Å². The van der Waals surface area contributed by atoms with Gasteiger partial charge in [-0.05, 0) is 29.8 Å². The van der Waals surface area contributed by atoms with Gasteiger partial charge in [0.25, 0.3) is 5.91 Å². The first-order chi connectivity index (χ1) is 16.4. The van der Waals surface area contributed by atoms with Crippen LogP contribution >= 0.6 is 11.3 Å². The minimum atomic E-state index is -0.808. The molecule has 1 aliphatic rings. The van der Waals surface area contributed by atoms with Gasteiger partial charge in [-0.3, -0.25) is 24.2 Å². The van der Waals surface area contributed by atoms with Crippen LogP contribution in [0.15, 0.2) is 66.7 Å². The number of nitrogens with zero attached hydrogens (tertiary/aromatic N) is 3. The number of thiazole rings is 1. The first-order valence-electron chi connectivity index (χ1n) is 10.5. The van der Waals surface area contributed by atoms with E-state index in [4.69, 9.17) is 0 Å². The highest BCUT2D eigenvalue weighted by atomic mass is 32.1. The van der Waals surface area contributed by atoms with Gasteiger partial charge < -0.3 is 0 Å². The van der Waals surface area contributed by atoms with Crippen molar-refractivity contribution in [1.29, 1.82) is 0 Å². The number of carbonyl (C=O) groups is 3. The van der Waals surface area contributed by atoms with Crippen molar-refractivity contribution in [3.05, 3.63) is 89.5 Å². The third-order valence-electron chi connectivity index (χ3n) is 5.46. The lowest BCUT2D eigenvalue weighted by Crippen LogP contribution is -2.31. The standard InChI is InChI=1S/C25H17F2N3O3S/c26-17-12-19(27)23-20(13-17)34-25(28-23)29(14-15-5-2-1-3-6-15)24(33)16-7-4-8-18(11-16)30-21(31)9-10-22(30)32/h1-8,11-13H,9-10,14H2. The number of carbonyl (C=O) groups excluding carboxylic acids is 3. The molecule has 0 spiro atoms. The molecule has 0 aliphatic carbocycles. The molecule has 5 rings (SSSR count). The van der Waals surface area contributed by atoms with Crippen LogP contribution in [0.2, 0.25) is 0 Å². The van der Waals surface area contributed by atoms with Gasteiger partial charge >= 0.3 is 0 Å². The molecule has 170 valence electrons. The predicted octanol–water partition coefficient (Wildman–Crippen LogP) is 5.07.